The summed E-state index contributed by atoms with van der Waals surface area (Å²) in [6.45, 7) is 0. The summed E-state index contributed by atoms with van der Waals surface area (Å²) in [7, 11) is 0. The molecular weight excluding hydrogens is 367 g/mol. The topological polar surface area (TPSA) is 57.5 Å². The van der Waals surface area contributed by atoms with Crippen LogP contribution < -0.4 is 0 Å². The van der Waals surface area contributed by atoms with E-state index in [0.29, 0.717) is 16.9 Å². The van der Waals surface area contributed by atoms with Crippen molar-refractivity contribution in [1.82, 2.24) is 0 Å². The summed E-state index contributed by atoms with van der Waals surface area (Å²) < 4.78 is 14.6. The summed E-state index contributed by atoms with van der Waals surface area (Å²) in [5.41, 5.74) is 2.79. The van der Waals surface area contributed by atoms with Crippen LogP contribution >= 0.6 is 0 Å². The van der Waals surface area contributed by atoms with Gasteiger partial charge in [0, 0.05) is 17.2 Å². The molecule has 2 N–H and O–H groups in total. The van der Waals surface area contributed by atoms with Gasteiger partial charge in [0.1, 0.15) is 11.6 Å². The molecule has 0 heterocycles. The van der Waals surface area contributed by atoms with Crippen molar-refractivity contribution in [3.63, 3.8) is 0 Å². The van der Waals surface area contributed by atoms with Crippen LogP contribution in [0.2, 0.25) is 0 Å². The second kappa shape index (κ2) is 6.72. The van der Waals surface area contributed by atoms with Crippen LogP contribution in [0.4, 0.5) is 4.39 Å². The molecule has 0 atom stereocenters. The monoisotopic (exact) mass is 392 g/mol. The van der Waals surface area contributed by atoms with E-state index in [1.54, 1.807) is 24.3 Å². The van der Waals surface area contributed by atoms with Crippen molar-refractivity contribution in [2.45, 2.75) is 43.9 Å². The van der Waals surface area contributed by atoms with Crippen LogP contribution in [0.25, 0.3) is 17.2 Å². The highest BCUT2D eigenvalue weighted by Crippen LogP contribution is 2.62. The highest BCUT2D eigenvalue weighted by Gasteiger charge is 2.52. The number of benzene rings is 2. The summed E-state index contributed by atoms with van der Waals surface area (Å²) in [6, 6.07) is 10.0. The molecule has 0 aliphatic heterocycles. The predicted molar refractivity (Wildman–Crippen MR) is 110 cm³/mol. The van der Waals surface area contributed by atoms with E-state index in [0.717, 1.165) is 54.2 Å². The Labute approximate surface area is 169 Å². The Kier molecular flexibility index (Phi) is 4.27. The minimum Gasteiger partial charge on any atom is -0.508 e. The number of hydrogen-bond donors (Lipinski definition) is 2. The average Bonchev–Trinajstić information content (AvgIpc) is 2.66. The molecule has 0 radical (unpaired) electrons. The highest BCUT2D eigenvalue weighted by molar-refractivity contribution is 5.85. The van der Waals surface area contributed by atoms with Crippen LogP contribution in [0, 0.1) is 23.6 Å². The van der Waals surface area contributed by atoms with Crippen LogP contribution in [-0.2, 0) is 10.2 Å². The molecule has 0 amide bonds. The number of phenolic OH excluding ortho intramolecular Hbond substituents is 1. The van der Waals surface area contributed by atoms with Crippen molar-refractivity contribution < 1.29 is 19.4 Å². The van der Waals surface area contributed by atoms with Gasteiger partial charge in [0.2, 0.25) is 0 Å². The molecule has 4 fully saturated rings. The fourth-order valence-corrected chi connectivity index (χ4v) is 6.60. The van der Waals surface area contributed by atoms with E-state index in [4.69, 9.17) is 5.11 Å². The van der Waals surface area contributed by atoms with Gasteiger partial charge in [-0.05, 0) is 103 Å². The maximum Gasteiger partial charge on any atom is 0.328 e. The van der Waals surface area contributed by atoms with E-state index in [1.165, 1.54) is 31.4 Å². The number of rotatable bonds is 4. The molecule has 4 heteroatoms. The minimum atomic E-state index is -1.04. The standard InChI is InChI=1S/C25H25FO3/c26-22-4-1-15(2-6-24(28)29)10-20(22)19-3-5-23(27)21(11-19)25-12-16-7-17(13-25)9-18(8-16)14-25/h1-6,10-11,16-18,27H,7-9,12-14H2,(H,28,29). The van der Waals surface area contributed by atoms with E-state index < -0.39 is 5.97 Å². The van der Waals surface area contributed by atoms with E-state index >= 15 is 0 Å². The molecule has 6 rings (SSSR count). The van der Waals surface area contributed by atoms with Crippen molar-refractivity contribution in [2.24, 2.45) is 17.8 Å². The van der Waals surface area contributed by atoms with Gasteiger partial charge >= 0.3 is 5.97 Å². The van der Waals surface area contributed by atoms with E-state index in [2.05, 4.69) is 0 Å². The molecule has 4 aliphatic carbocycles. The van der Waals surface area contributed by atoms with Crippen molar-refractivity contribution in [3.05, 3.63) is 59.4 Å². The van der Waals surface area contributed by atoms with E-state index in [1.807, 2.05) is 6.07 Å². The Morgan fingerprint density at radius 2 is 1.66 bits per heavy atom. The number of carboxylic acids is 1. The molecule has 0 unspecified atom stereocenters. The molecular formula is C25H25FO3. The van der Waals surface area contributed by atoms with Gasteiger partial charge < -0.3 is 10.2 Å². The van der Waals surface area contributed by atoms with Gasteiger partial charge in [-0.15, -0.1) is 0 Å². The number of phenols is 1. The van der Waals surface area contributed by atoms with Gasteiger partial charge in [-0.1, -0.05) is 12.1 Å². The summed E-state index contributed by atoms with van der Waals surface area (Å²) in [5, 5.41) is 19.6. The Hall–Kier alpha value is -2.62. The van der Waals surface area contributed by atoms with Gasteiger partial charge in [0.15, 0.2) is 0 Å². The highest BCUT2D eigenvalue weighted by atomic mass is 19.1. The first-order chi connectivity index (χ1) is 13.9. The summed E-state index contributed by atoms with van der Waals surface area (Å²) in [6.07, 6.45) is 9.87. The predicted octanol–water partition coefficient (Wildman–Crippen LogP) is 5.76. The third kappa shape index (κ3) is 3.25. The third-order valence-electron chi connectivity index (χ3n) is 7.33. The quantitative estimate of drug-likeness (QED) is 0.650. The number of aromatic hydroxyl groups is 1. The molecule has 4 saturated carbocycles. The molecule has 0 aromatic heterocycles. The molecule has 3 nitrogen and oxygen atoms in total. The number of hydrogen-bond acceptors (Lipinski definition) is 2. The fourth-order valence-electron chi connectivity index (χ4n) is 6.60. The van der Waals surface area contributed by atoms with Gasteiger partial charge in [-0.2, -0.15) is 0 Å². The summed E-state index contributed by atoms with van der Waals surface area (Å²) in [4.78, 5) is 10.8. The Balaban J connectivity index is 1.56. The molecule has 29 heavy (non-hydrogen) atoms. The zero-order valence-corrected chi connectivity index (χ0v) is 16.3. The molecule has 0 spiro atoms. The van der Waals surface area contributed by atoms with Crippen molar-refractivity contribution in [1.29, 1.82) is 0 Å². The smallest absolute Gasteiger partial charge is 0.328 e. The fraction of sp³-hybridized carbons (Fsp3) is 0.400. The van der Waals surface area contributed by atoms with Gasteiger partial charge in [-0.3, -0.25) is 0 Å². The Morgan fingerprint density at radius 3 is 2.28 bits per heavy atom. The lowest BCUT2D eigenvalue weighted by Gasteiger charge is -2.57. The van der Waals surface area contributed by atoms with Crippen LogP contribution in [0.3, 0.4) is 0 Å². The summed E-state index contributed by atoms with van der Waals surface area (Å²) in [5.74, 6) is 1.20. The Bertz CT molecular complexity index is 972. The van der Waals surface area contributed by atoms with Crippen LogP contribution in [0.15, 0.2) is 42.5 Å². The molecule has 4 aliphatic rings. The zero-order valence-electron chi connectivity index (χ0n) is 16.3. The number of carboxylic acid groups (broad SMARTS) is 1. The molecule has 0 saturated heterocycles. The lowest BCUT2D eigenvalue weighted by molar-refractivity contribution is -0.131. The van der Waals surface area contributed by atoms with E-state index in [9.17, 15) is 14.3 Å². The maximum absolute atomic E-state index is 14.6. The van der Waals surface area contributed by atoms with Gasteiger partial charge in [0.05, 0.1) is 0 Å². The van der Waals surface area contributed by atoms with Crippen molar-refractivity contribution in [2.75, 3.05) is 0 Å². The van der Waals surface area contributed by atoms with Gasteiger partial charge in [0.25, 0.3) is 0 Å². The van der Waals surface area contributed by atoms with E-state index in [-0.39, 0.29) is 11.2 Å². The number of aliphatic carboxylic acids is 1. The second-order valence-corrected chi connectivity index (χ2v) is 9.34. The number of carbonyl (C=O) groups is 1. The van der Waals surface area contributed by atoms with Crippen LogP contribution in [0.1, 0.15) is 49.7 Å². The van der Waals surface area contributed by atoms with Crippen LogP contribution in [0.5, 0.6) is 5.75 Å². The lowest BCUT2D eigenvalue weighted by Crippen LogP contribution is -2.48. The second-order valence-electron chi connectivity index (χ2n) is 9.34. The number of halogens is 1. The summed E-state index contributed by atoms with van der Waals surface area (Å²) >= 11 is 0. The molecule has 2 aromatic carbocycles. The van der Waals surface area contributed by atoms with Crippen molar-refractivity contribution >= 4 is 12.0 Å². The largest absolute Gasteiger partial charge is 0.508 e. The van der Waals surface area contributed by atoms with Gasteiger partial charge in [-0.25, -0.2) is 9.18 Å². The molecule has 4 bridgehead atoms. The van der Waals surface area contributed by atoms with Crippen molar-refractivity contribution in [3.8, 4) is 16.9 Å². The maximum atomic E-state index is 14.6. The zero-order chi connectivity index (χ0) is 20.2. The van der Waals surface area contributed by atoms with Crippen LogP contribution in [-0.4, -0.2) is 16.2 Å². The first-order valence-corrected chi connectivity index (χ1v) is 10.5. The Morgan fingerprint density at radius 1 is 1.00 bits per heavy atom. The first-order valence-electron chi connectivity index (χ1n) is 10.5. The SMILES string of the molecule is O=C(O)C=Cc1ccc(F)c(-c2ccc(O)c(C34CC5CC(CC(C5)C3)C4)c2)c1. The average molecular weight is 392 g/mol. The molecule has 150 valence electrons. The molecule has 2 aromatic rings. The lowest BCUT2D eigenvalue weighted by atomic mass is 9.48. The first kappa shape index (κ1) is 18.4. The normalized spacial score (nSPS) is 30.2. The third-order valence-corrected chi connectivity index (χ3v) is 7.33. The minimum absolute atomic E-state index is 0.0200.